The highest BCUT2D eigenvalue weighted by atomic mass is 35.5. The Morgan fingerprint density at radius 1 is 1.59 bits per heavy atom. The average Bonchev–Trinajstić information content (AvgIpc) is 2.75. The Morgan fingerprint density at radius 3 is 2.88 bits per heavy atom. The van der Waals surface area contributed by atoms with Crippen LogP contribution in [-0.4, -0.2) is 36.8 Å². The first-order valence-electron chi connectivity index (χ1n) is 5.65. The van der Waals surface area contributed by atoms with Gasteiger partial charge in [0.05, 0.1) is 7.11 Å². The molecule has 5 heteroatoms. The van der Waals surface area contributed by atoms with Crippen molar-refractivity contribution in [2.24, 2.45) is 0 Å². The minimum absolute atomic E-state index is 0.438. The van der Waals surface area contributed by atoms with Crippen molar-refractivity contribution >= 4 is 23.4 Å². The third-order valence-electron chi connectivity index (χ3n) is 3.25. The van der Waals surface area contributed by atoms with E-state index in [-0.39, 0.29) is 0 Å². The van der Waals surface area contributed by atoms with E-state index in [0.29, 0.717) is 16.9 Å². The van der Waals surface area contributed by atoms with Gasteiger partial charge in [-0.3, -0.25) is 4.90 Å². The fourth-order valence-electron chi connectivity index (χ4n) is 2.36. The molecule has 3 nitrogen and oxygen atoms in total. The second-order valence-electron chi connectivity index (χ2n) is 4.21. The molecule has 0 spiro atoms. The lowest BCUT2D eigenvalue weighted by Gasteiger charge is -2.22. The lowest BCUT2D eigenvalue weighted by atomic mass is 10.1. The minimum atomic E-state index is 0.438. The van der Waals surface area contributed by atoms with Gasteiger partial charge in [0.25, 0.3) is 0 Å². The number of thioether (sulfide) groups is 1. The summed E-state index contributed by atoms with van der Waals surface area (Å²) in [7, 11) is 3.75. The number of aromatic nitrogens is 1. The van der Waals surface area contributed by atoms with Gasteiger partial charge in [0.1, 0.15) is 5.02 Å². The van der Waals surface area contributed by atoms with Gasteiger partial charge in [-0.25, -0.2) is 4.98 Å². The molecule has 0 radical (unpaired) electrons. The molecule has 0 bridgehead atoms. The summed E-state index contributed by atoms with van der Waals surface area (Å²) in [6, 6.07) is 0.438. The predicted octanol–water partition coefficient (Wildman–Crippen LogP) is 3.23. The van der Waals surface area contributed by atoms with Gasteiger partial charge in [-0.05, 0) is 32.7 Å². The molecule has 1 aromatic heterocycles. The first-order valence-corrected chi connectivity index (χ1v) is 7.26. The van der Waals surface area contributed by atoms with Crippen LogP contribution in [0.25, 0.3) is 0 Å². The Balaban J connectivity index is 2.43. The first-order chi connectivity index (χ1) is 8.19. The maximum Gasteiger partial charge on any atom is 0.233 e. The number of methoxy groups -OCH3 is 1. The normalized spacial score (nSPS) is 20.8. The summed E-state index contributed by atoms with van der Waals surface area (Å²) in [5.74, 6) is 0.514. The van der Waals surface area contributed by atoms with Gasteiger partial charge in [-0.1, -0.05) is 11.6 Å². The Labute approximate surface area is 111 Å². The Bertz CT molecular complexity index is 414. The molecule has 1 aliphatic rings. The van der Waals surface area contributed by atoms with Crippen molar-refractivity contribution in [3.63, 3.8) is 0 Å². The molecular formula is C12H17ClN2OS. The molecule has 17 heavy (non-hydrogen) atoms. The number of rotatable bonds is 3. The van der Waals surface area contributed by atoms with Crippen molar-refractivity contribution in [3.05, 3.63) is 16.8 Å². The summed E-state index contributed by atoms with van der Waals surface area (Å²) in [6.45, 7) is 1.14. The molecular weight excluding hydrogens is 256 g/mol. The zero-order chi connectivity index (χ0) is 12.4. The van der Waals surface area contributed by atoms with E-state index in [2.05, 4.69) is 16.9 Å². The summed E-state index contributed by atoms with van der Waals surface area (Å²) >= 11 is 7.98. The van der Waals surface area contributed by atoms with Crippen LogP contribution < -0.4 is 4.74 Å². The second kappa shape index (κ2) is 5.46. The van der Waals surface area contributed by atoms with Crippen LogP contribution in [0.3, 0.4) is 0 Å². The number of halogens is 1. The van der Waals surface area contributed by atoms with E-state index in [1.165, 1.54) is 18.4 Å². The average molecular weight is 273 g/mol. The summed E-state index contributed by atoms with van der Waals surface area (Å²) in [5, 5.41) is 0.637. The molecule has 0 N–H and O–H groups in total. The maximum absolute atomic E-state index is 6.31. The third kappa shape index (κ3) is 2.39. The zero-order valence-corrected chi connectivity index (χ0v) is 11.9. The third-order valence-corrected chi connectivity index (χ3v) is 4.56. The second-order valence-corrected chi connectivity index (χ2v) is 5.40. The van der Waals surface area contributed by atoms with Crippen LogP contribution in [0.15, 0.2) is 11.1 Å². The molecule has 0 aliphatic carbocycles. The summed E-state index contributed by atoms with van der Waals surface area (Å²) in [5.41, 5.74) is 1.23. The molecule has 1 fully saturated rings. The summed E-state index contributed by atoms with van der Waals surface area (Å²) in [4.78, 5) is 7.75. The van der Waals surface area contributed by atoms with Crippen molar-refractivity contribution in [2.45, 2.75) is 23.8 Å². The van der Waals surface area contributed by atoms with E-state index in [4.69, 9.17) is 16.3 Å². The molecule has 1 aromatic rings. The van der Waals surface area contributed by atoms with Crippen LogP contribution in [0, 0.1) is 0 Å². The lowest BCUT2D eigenvalue weighted by molar-refractivity contribution is 0.312. The number of hydrogen-bond acceptors (Lipinski definition) is 4. The first kappa shape index (κ1) is 13.0. The van der Waals surface area contributed by atoms with Crippen LogP contribution in [0.1, 0.15) is 24.4 Å². The van der Waals surface area contributed by atoms with Gasteiger partial charge in [0, 0.05) is 22.7 Å². The number of likely N-dealkylation sites (tertiary alicyclic amines) is 1. The van der Waals surface area contributed by atoms with Crippen LogP contribution in [0.2, 0.25) is 5.02 Å². The number of nitrogens with zero attached hydrogens (tertiary/aromatic N) is 2. The molecule has 1 atom stereocenters. The van der Waals surface area contributed by atoms with Crippen molar-refractivity contribution in [2.75, 3.05) is 27.0 Å². The fourth-order valence-corrected chi connectivity index (χ4v) is 3.52. The molecule has 2 rings (SSSR count). The maximum atomic E-state index is 6.31. The van der Waals surface area contributed by atoms with Crippen LogP contribution in [0.4, 0.5) is 0 Å². The molecule has 0 saturated carbocycles. The van der Waals surface area contributed by atoms with Crippen molar-refractivity contribution in [1.82, 2.24) is 9.88 Å². The van der Waals surface area contributed by atoms with Crippen LogP contribution in [0.5, 0.6) is 5.88 Å². The fraction of sp³-hybridized carbons (Fsp3) is 0.583. The van der Waals surface area contributed by atoms with Gasteiger partial charge in [0.15, 0.2) is 0 Å². The standard InChI is InChI=1S/C12H17ClN2OS/c1-15-6-4-5-9(15)8-7-14-12(16-2)10(13)11(8)17-3/h7,9H,4-6H2,1-3H3/t9-/m0/s1. The molecule has 1 aliphatic heterocycles. The Hall–Kier alpha value is -0.450. The molecule has 0 unspecified atom stereocenters. The quantitative estimate of drug-likeness (QED) is 0.789. The highest BCUT2D eigenvalue weighted by Crippen LogP contribution is 2.41. The predicted molar refractivity (Wildman–Crippen MR) is 72.2 cm³/mol. The van der Waals surface area contributed by atoms with Crippen LogP contribution in [-0.2, 0) is 0 Å². The van der Waals surface area contributed by atoms with Gasteiger partial charge in [0.2, 0.25) is 5.88 Å². The minimum Gasteiger partial charge on any atom is -0.480 e. The van der Waals surface area contributed by atoms with Crippen molar-refractivity contribution in [3.8, 4) is 5.88 Å². The summed E-state index contributed by atoms with van der Waals surface area (Å²) in [6.07, 6.45) is 6.36. The highest BCUT2D eigenvalue weighted by Gasteiger charge is 2.27. The molecule has 0 aromatic carbocycles. The number of hydrogen-bond donors (Lipinski definition) is 0. The van der Waals surface area contributed by atoms with Gasteiger partial charge >= 0.3 is 0 Å². The molecule has 1 saturated heterocycles. The smallest absolute Gasteiger partial charge is 0.233 e. The van der Waals surface area contributed by atoms with E-state index < -0.39 is 0 Å². The lowest BCUT2D eigenvalue weighted by Crippen LogP contribution is -2.18. The van der Waals surface area contributed by atoms with E-state index >= 15 is 0 Å². The van der Waals surface area contributed by atoms with Crippen LogP contribution >= 0.6 is 23.4 Å². The van der Waals surface area contributed by atoms with Crippen molar-refractivity contribution in [1.29, 1.82) is 0 Å². The van der Waals surface area contributed by atoms with E-state index in [1.54, 1.807) is 18.9 Å². The molecule has 94 valence electrons. The van der Waals surface area contributed by atoms with E-state index in [0.717, 1.165) is 11.4 Å². The van der Waals surface area contributed by atoms with Gasteiger partial charge < -0.3 is 4.74 Å². The highest BCUT2D eigenvalue weighted by molar-refractivity contribution is 7.98. The van der Waals surface area contributed by atoms with Gasteiger partial charge in [-0.15, -0.1) is 11.8 Å². The van der Waals surface area contributed by atoms with E-state index in [1.807, 2.05) is 12.5 Å². The van der Waals surface area contributed by atoms with Gasteiger partial charge in [-0.2, -0.15) is 0 Å². The molecule has 2 heterocycles. The number of ether oxygens (including phenoxy) is 1. The monoisotopic (exact) mass is 272 g/mol. The van der Waals surface area contributed by atoms with E-state index in [9.17, 15) is 0 Å². The Morgan fingerprint density at radius 2 is 2.35 bits per heavy atom. The topological polar surface area (TPSA) is 25.4 Å². The largest absolute Gasteiger partial charge is 0.480 e. The van der Waals surface area contributed by atoms with Crippen molar-refractivity contribution < 1.29 is 4.74 Å². The Kier molecular flexibility index (Phi) is 4.17. The number of pyridine rings is 1. The molecule has 0 amide bonds. The zero-order valence-electron chi connectivity index (χ0n) is 10.4. The SMILES string of the molecule is COc1ncc([C@@H]2CCCN2C)c(SC)c1Cl. The summed E-state index contributed by atoms with van der Waals surface area (Å²) < 4.78 is 5.16.